The molecule has 0 aliphatic heterocycles. The van der Waals surface area contributed by atoms with Crippen molar-refractivity contribution in [3.63, 3.8) is 0 Å². The minimum absolute atomic E-state index is 0.0774. The SMILES string of the molecule is COC(=O)c1ccccc1S(=O)(=O)NC(=O)Nc1nc2c(c(OC)n1)CCC2. The molecule has 2 N–H and O–H groups in total. The summed E-state index contributed by atoms with van der Waals surface area (Å²) < 4.78 is 36.7. The van der Waals surface area contributed by atoms with Gasteiger partial charge in [-0.2, -0.15) is 4.98 Å². The lowest BCUT2D eigenvalue weighted by atomic mass is 10.2. The third kappa shape index (κ3) is 3.88. The minimum Gasteiger partial charge on any atom is -0.481 e. The summed E-state index contributed by atoms with van der Waals surface area (Å²) in [6, 6.07) is 4.31. The van der Waals surface area contributed by atoms with Gasteiger partial charge in [-0.1, -0.05) is 12.1 Å². The van der Waals surface area contributed by atoms with Gasteiger partial charge in [-0.15, -0.1) is 0 Å². The highest BCUT2D eigenvalue weighted by molar-refractivity contribution is 7.90. The number of benzene rings is 1. The van der Waals surface area contributed by atoms with Crippen LogP contribution in [0.25, 0.3) is 0 Å². The summed E-state index contributed by atoms with van der Waals surface area (Å²) in [4.78, 5) is 31.9. The van der Waals surface area contributed by atoms with Crippen LogP contribution in [0.3, 0.4) is 0 Å². The Hall–Kier alpha value is -3.21. The molecule has 0 radical (unpaired) electrons. The van der Waals surface area contributed by atoms with Crippen molar-refractivity contribution >= 4 is 28.0 Å². The molecule has 0 saturated carbocycles. The number of aryl methyl sites for hydroxylation is 1. The molecule has 10 nitrogen and oxygen atoms in total. The van der Waals surface area contributed by atoms with E-state index in [-0.39, 0.29) is 16.4 Å². The minimum atomic E-state index is -4.34. The normalized spacial score (nSPS) is 12.8. The van der Waals surface area contributed by atoms with E-state index < -0.39 is 22.0 Å². The second-order valence-corrected chi connectivity index (χ2v) is 7.53. The van der Waals surface area contributed by atoms with Crippen LogP contribution in [0.15, 0.2) is 29.2 Å². The highest BCUT2D eigenvalue weighted by atomic mass is 32.2. The maximum Gasteiger partial charge on any atom is 0.339 e. The van der Waals surface area contributed by atoms with E-state index in [2.05, 4.69) is 20.0 Å². The number of carbonyl (C=O) groups is 2. The fourth-order valence-electron chi connectivity index (χ4n) is 2.91. The van der Waals surface area contributed by atoms with Gasteiger partial charge < -0.3 is 9.47 Å². The highest BCUT2D eigenvalue weighted by Crippen LogP contribution is 2.28. The Bertz CT molecular complexity index is 1040. The third-order valence-electron chi connectivity index (χ3n) is 4.12. The fourth-order valence-corrected chi connectivity index (χ4v) is 4.01. The van der Waals surface area contributed by atoms with Crippen molar-refractivity contribution in [2.75, 3.05) is 19.5 Å². The van der Waals surface area contributed by atoms with Gasteiger partial charge in [-0.05, 0) is 31.4 Å². The Labute approximate surface area is 161 Å². The van der Waals surface area contributed by atoms with Gasteiger partial charge in [0, 0.05) is 5.56 Å². The summed E-state index contributed by atoms with van der Waals surface area (Å²) >= 11 is 0. The number of hydrogen-bond acceptors (Lipinski definition) is 8. The van der Waals surface area contributed by atoms with E-state index in [1.807, 2.05) is 4.72 Å². The largest absolute Gasteiger partial charge is 0.481 e. The van der Waals surface area contributed by atoms with E-state index in [1.165, 1.54) is 31.4 Å². The van der Waals surface area contributed by atoms with E-state index in [4.69, 9.17) is 4.74 Å². The van der Waals surface area contributed by atoms with Crippen LogP contribution in [-0.4, -0.2) is 44.6 Å². The van der Waals surface area contributed by atoms with Gasteiger partial charge in [0.25, 0.3) is 10.0 Å². The molecule has 11 heteroatoms. The summed E-state index contributed by atoms with van der Waals surface area (Å²) in [7, 11) is -1.76. The van der Waals surface area contributed by atoms with Crippen molar-refractivity contribution in [1.82, 2.24) is 14.7 Å². The number of anilines is 1. The molecule has 1 aromatic heterocycles. The molecule has 1 aliphatic carbocycles. The topological polar surface area (TPSA) is 137 Å². The Morgan fingerprint density at radius 3 is 2.57 bits per heavy atom. The number of hydrogen-bond donors (Lipinski definition) is 2. The first kappa shape index (κ1) is 19.5. The molecule has 1 aliphatic rings. The van der Waals surface area contributed by atoms with Crippen LogP contribution in [0.5, 0.6) is 5.88 Å². The monoisotopic (exact) mass is 406 g/mol. The smallest absolute Gasteiger partial charge is 0.339 e. The van der Waals surface area contributed by atoms with Crippen molar-refractivity contribution in [2.24, 2.45) is 0 Å². The highest BCUT2D eigenvalue weighted by Gasteiger charge is 2.26. The molecule has 2 amide bonds. The van der Waals surface area contributed by atoms with E-state index in [1.54, 1.807) is 0 Å². The van der Waals surface area contributed by atoms with Gasteiger partial charge in [0.15, 0.2) is 0 Å². The third-order valence-corrected chi connectivity index (χ3v) is 5.51. The molecule has 28 heavy (non-hydrogen) atoms. The Morgan fingerprint density at radius 2 is 1.86 bits per heavy atom. The lowest BCUT2D eigenvalue weighted by molar-refractivity contribution is 0.0596. The molecule has 0 fully saturated rings. The Kier molecular flexibility index (Phi) is 5.45. The maximum atomic E-state index is 12.5. The van der Waals surface area contributed by atoms with Crippen LogP contribution in [0, 0.1) is 0 Å². The van der Waals surface area contributed by atoms with Crippen molar-refractivity contribution in [3.05, 3.63) is 41.1 Å². The first-order valence-electron chi connectivity index (χ1n) is 8.30. The number of ether oxygens (including phenoxy) is 2. The predicted octanol–water partition coefficient (Wildman–Crippen LogP) is 1.27. The Balaban J connectivity index is 1.81. The molecule has 0 atom stereocenters. The van der Waals surface area contributed by atoms with Gasteiger partial charge in [-0.3, -0.25) is 5.32 Å². The predicted molar refractivity (Wildman–Crippen MR) is 97.7 cm³/mol. The zero-order chi connectivity index (χ0) is 20.3. The number of rotatable bonds is 5. The molecule has 148 valence electrons. The maximum absolute atomic E-state index is 12.5. The van der Waals surface area contributed by atoms with Crippen LogP contribution < -0.4 is 14.8 Å². The molecule has 1 heterocycles. The van der Waals surface area contributed by atoms with Crippen molar-refractivity contribution in [3.8, 4) is 5.88 Å². The molecule has 2 aromatic rings. The number of methoxy groups -OCH3 is 2. The van der Waals surface area contributed by atoms with Gasteiger partial charge in [0.1, 0.15) is 4.90 Å². The zero-order valence-corrected chi connectivity index (χ0v) is 16.0. The van der Waals surface area contributed by atoms with E-state index >= 15 is 0 Å². The van der Waals surface area contributed by atoms with Gasteiger partial charge in [0.2, 0.25) is 11.8 Å². The van der Waals surface area contributed by atoms with Crippen LogP contribution in [0.2, 0.25) is 0 Å². The van der Waals surface area contributed by atoms with E-state index in [0.29, 0.717) is 5.88 Å². The molecule has 0 saturated heterocycles. The molecule has 0 unspecified atom stereocenters. The van der Waals surface area contributed by atoms with Crippen molar-refractivity contribution in [1.29, 1.82) is 0 Å². The zero-order valence-electron chi connectivity index (χ0n) is 15.2. The average Bonchev–Trinajstić information content (AvgIpc) is 3.14. The Morgan fingerprint density at radius 1 is 1.11 bits per heavy atom. The van der Waals surface area contributed by atoms with Gasteiger partial charge in [0.05, 0.1) is 25.5 Å². The quantitative estimate of drug-likeness (QED) is 0.709. The number of nitrogens with one attached hydrogen (secondary N) is 2. The van der Waals surface area contributed by atoms with Crippen LogP contribution in [-0.2, 0) is 27.6 Å². The fraction of sp³-hybridized carbons (Fsp3) is 0.294. The number of amides is 2. The number of aromatic nitrogens is 2. The first-order valence-corrected chi connectivity index (χ1v) is 9.79. The number of fused-ring (bicyclic) bond motifs is 1. The second kappa shape index (κ2) is 7.80. The van der Waals surface area contributed by atoms with Crippen LogP contribution in [0.4, 0.5) is 10.7 Å². The molecule has 3 rings (SSSR count). The first-order chi connectivity index (χ1) is 13.4. The number of sulfonamides is 1. The van der Waals surface area contributed by atoms with Gasteiger partial charge >= 0.3 is 12.0 Å². The van der Waals surface area contributed by atoms with E-state index in [9.17, 15) is 18.0 Å². The summed E-state index contributed by atoms with van der Waals surface area (Å²) in [6.45, 7) is 0. The number of urea groups is 1. The number of nitrogens with zero attached hydrogens (tertiary/aromatic N) is 2. The number of esters is 1. The second-order valence-electron chi connectivity index (χ2n) is 5.88. The van der Waals surface area contributed by atoms with Crippen LogP contribution >= 0.6 is 0 Å². The lowest BCUT2D eigenvalue weighted by Crippen LogP contribution is -2.35. The summed E-state index contributed by atoms with van der Waals surface area (Å²) in [5.74, 6) is -0.573. The average molecular weight is 406 g/mol. The number of carbonyl (C=O) groups excluding carboxylic acids is 2. The molecule has 1 aromatic carbocycles. The molecular weight excluding hydrogens is 388 g/mol. The summed E-state index contributed by atoms with van der Waals surface area (Å²) in [6.07, 6.45) is 2.40. The molecule has 0 bridgehead atoms. The summed E-state index contributed by atoms with van der Waals surface area (Å²) in [5.41, 5.74) is 1.44. The summed E-state index contributed by atoms with van der Waals surface area (Å²) in [5, 5.41) is 2.29. The van der Waals surface area contributed by atoms with Crippen LogP contribution in [0.1, 0.15) is 28.0 Å². The van der Waals surface area contributed by atoms with Gasteiger partial charge in [-0.25, -0.2) is 27.7 Å². The molecular formula is C17H18N4O6S. The lowest BCUT2D eigenvalue weighted by Gasteiger charge is -2.12. The standard InChI is InChI=1S/C17H18N4O6S/c1-26-14-10-7-5-8-12(10)18-16(19-14)20-17(23)21-28(24,25)13-9-4-3-6-11(13)15(22)27-2/h3-4,6,9H,5,7-8H2,1-2H3,(H2,18,19,20,21,23). The van der Waals surface area contributed by atoms with Crippen molar-refractivity contribution in [2.45, 2.75) is 24.2 Å². The van der Waals surface area contributed by atoms with Crippen molar-refractivity contribution < 1.29 is 27.5 Å². The van der Waals surface area contributed by atoms with E-state index in [0.717, 1.165) is 37.6 Å². The molecule has 0 spiro atoms.